The maximum Gasteiger partial charge on any atom is 1.00 e. The summed E-state index contributed by atoms with van der Waals surface area (Å²) in [6, 6.07) is 0. The summed E-state index contributed by atoms with van der Waals surface area (Å²) in [5.74, 6) is 0. The molecule has 0 saturated heterocycles. The Kier molecular flexibility index (Phi) is 266. The maximum atomic E-state index is 2.18. The van der Waals surface area contributed by atoms with E-state index in [1.807, 2.05) is 41.5 Å². The third-order valence-corrected chi connectivity index (χ3v) is 1.000. The van der Waals surface area contributed by atoms with E-state index >= 15 is 0 Å². The predicted octanol–water partition coefficient (Wildman–Crippen LogP) is 0.924. The molecular formula is C14H40Rb2. The Morgan fingerprint density at radius 1 is 0.438 bits per heavy atom. The number of hydrogen-bond acceptors (Lipinski definition) is 0. The molecule has 0 unspecified atom stereocenters. The first kappa shape index (κ1) is 42.7. The molecule has 0 aromatic carbocycles. The minimum Gasteiger partial charge on any atom is -1.00 e. The van der Waals surface area contributed by atoms with Crippen molar-refractivity contribution >= 4 is 0 Å². The number of hydrogen-bond donors (Lipinski definition) is 0. The Hall–Kier alpha value is 3.61. The van der Waals surface area contributed by atoms with Crippen LogP contribution in [0.3, 0.4) is 0 Å². The summed E-state index contributed by atoms with van der Waals surface area (Å²) in [5, 5.41) is 0. The fraction of sp³-hybridized carbons (Fsp3) is 1.00. The van der Waals surface area contributed by atoms with Crippen LogP contribution in [0, 0.1) is 0 Å². The Morgan fingerprint density at radius 3 is 0.500 bits per heavy atom. The molecule has 0 heterocycles. The van der Waals surface area contributed by atoms with E-state index in [1.165, 1.54) is 25.7 Å². The van der Waals surface area contributed by atoms with Gasteiger partial charge < -0.3 is 2.85 Å². The summed E-state index contributed by atoms with van der Waals surface area (Å²) < 4.78 is 0. The first-order chi connectivity index (χ1) is 6.83. The van der Waals surface area contributed by atoms with Crippen LogP contribution in [0.4, 0.5) is 0 Å². The van der Waals surface area contributed by atoms with Crippen LogP contribution in [0.5, 0.6) is 0 Å². The molecule has 2 heteroatoms. The van der Waals surface area contributed by atoms with Gasteiger partial charge in [-0.1, -0.05) is 94.9 Å². The molecule has 0 aliphatic rings. The maximum absolute atomic E-state index is 2.18. The zero-order chi connectivity index (χ0) is 12.8. The smallest absolute Gasteiger partial charge is 1.00 e. The van der Waals surface area contributed by atoms with Crippen LogP contribution < -0.4 is 116 Å². The van der Waals surface area contributed by atoms with Gasteiger partial charge in [0, 0.05) is 0 Å². The van der Waals surface area contributed by atoms with E-state index in [9.17, 15) is 0 Å². The van der Waals surface area contributed by atoms with Crippen LogP contribution in [0.25, 0.3) is 0 Å². The standard InChI is InChI=1S/2C4H10.3C2H6.2Rb.2H/c2*1-3-4-2;3*1-2;;;;/h2*3-4H2,1-2H3;3*1-2H3;;;;/q;;;;;2*+1;2*-1. The molecule has 16 heavy (non-hydrogen) atoms. The van der Waals surface area contributed by atoms with Crippen molar-refractivity contribution in [2.75, 3.05) is 0 Å². The van der Waals surface area contributed by atoms with Crippen molar-refractivity contribution in [3.8, 4) is 0 Å². The van der Waals surface area contributed by atoms with Crippen LogP contribution in [0.1, 0.15) is 97.8 Å². The van der Waals surface area contributed by atoms with E-state index in [2.05, 4.69) is 27.7 Å². The van der Waals surface area contributed by atoms with Crippen LogP contribution in [0.15, 0.2) is 0 Å². The molecular weight excluding hydrogens is 339 g/mol. The SMILES string of the molecule is CC.CC.CC.CCCC.CCCC.[H-].[H-].[Rb+].[Rb+]. The molecule has 0 bridgehead atoms. The van der Waals surface area contributed by atoms with Gasteiger partial charge in [0.1, 0.15) is 0 Å². The van der Waals surface area contributed by atoms with Gasteiger partial charge in [0.25, 0.3) is 0 Å². The topological polar surface area (TPSA) is 0 Å². The quantitative estimate of drug-likeness (QED) is 0.670. The molecule has 0 N–H and O–H groups in total. The predicted molar refractivity (Wildman–Crippen MR) is 77.4 cm³/mol. The summed E-state index contributed by atoms with van der Waals surface area (Å²) >= 11 is 0. The Morgan fingerprint density at radius 2 is 0.500 bits per heavy atom. The monoisotopic (exact) mass is 378 g/mol. The van der Waals surface area contributed by atoms with E-state index in [0.717, 1.165) is 0 Å². The van der Waals surface area contributed by atoms with Gasteiger partial charge in [0.15, 0.2) is 0 Å². The summed E-state index contributed by atoms with van der Waals surface area (Å²) in [6.45, 7) is 20.7. The summed E-state index contributed by atoms with van der Waals surface area (Å²) in [4.78, 5) is 0. The fourth-order valence-electron chi connectivity index (χ4n) is 0. The molecule has 0 radical (unpaired) electrons. The average molecular weight is 379 g/mol. The van der Waals surface area contributed by atoms with Crippen molar-refractivity contribution in [1.82, 2.24) is 0 Å². The summed E-state index contributed by atoms with van der Waals surface area (Å²) in [7, 11) is 0. The van der Waals surface area contributed by atoms with Crippen LogP contribution >= 0.6 is 0 Å². The van der Waals surface area contributed by atoms with Gasteiger partial charge in [-0.25, -0.2) is 0 Å². The minimum atomic E-state index is 0. The zero-order valence-corrected chi connectivity index (χ0v) is 24.7. The van der Waals surface area contributed by atoms with Crippen molar-refractivity contribution in [2.45, 2.75) is 94.9 Å². The van der Waals surface area contributed by atoms with Crippen molar-refractivity contribution < 1.29 is 119 Å². The van der Waals surface area contributed by atoms with Gasteiger partial charge in [0.05, 0.1) is 0 Å². The first-order valence-corrected chi connectivity index (χ1v) is 6.83. The van der Waals surface area contributed by atoms with Gasteiger partial charge in [-0.15, -0.1) is 0 Å². The van der Waals surface area contributed by atoms with E-state index in [-0.39, 0.29) is 119 Å². The first-order valence-electron chi connectivity index (χ1n) is 6.83. The number of unbranched alkanes of at least 4 members (excludes halogenated alkanes) is 2. The molecule has 0 aliphatic carbocycles. The van der Waals surface area contributed by atoms with Gasteiger partial charge in [0.2, 0.25) is 0 Å². The second-order valence-corrected chi connectivity index (χ2v) is 2.00. The van der Waals surface area contributed by atoms with Gasteiger partial charge >= 0.3 is 116 Å². The van der Waals surface area contributed by atoms with Gasteiger partial charge in [-0.05, 0) is 0 Å². The van der Waals surface area contributed by atoms with Crippen LogP contribution in [-0.4, -0.2) is 0 Å². The van der Waals surface area contributed by atoms with Crippen molar-refractivity contribution in [3.63, 3.8) is 0 Å². The van der Waals surface area contributed by atoms with Crippen molar-refractivity contribution in [1.29, 1.82) is 0 Å². The third kappa shape index (κ3) is 154. The Labute approximate surface area is 209 Å². The van der Waals surface area contributed by atoms with Crippen LogP contribution in [-0.2, 0) is 0 Å². The normalized spacial score (nSPS) is 4.88. The molecule has 0 aliphatic heterocycles. The molecule has 0 spiro atoms. The molecule has 0 atom stereocenters. The summed E-state index contributed by atoms with van der Waals surface area (Å²) in [6.07, 6.45) is 5.28. The Bertz CT molecular complexity index is 25.8. The van der Waals surface area contributed by atoms with E-state index in [0.29, 0.717) is 0 Å². The van der Waals surface area contributed by atoms with Crippen molar-refractivity contribution in [3.05, 3.63) is 0 Å². The zero-order valence-electron chi connectivity index (χ0n) is 16.8. The molecule has 0 fully saturated rings. The molecule has 0 saturated carbocycles. The molecule has 0 rings (SSSR count). The minimum absolute atomic E-state index is 0. The summed E-state index contributed by atoms with van der Waals surface area (Å²) in [5.41, 5.74) is 0. The number of rotatable bonds is 2. The van der Waals surface area contributed by atoms with Gasteiger partial charge in [-0.2, -0.15) is 0 Å². The van der Waals surface area contributed by atoms with Crippen molar-refractivity contribution in [2.24, 2.45) is 0 Å². The Balaban J connectivity index is -0.00000000792. The van der Waals surface area contributed by atoms with E-state index < -0.39 is 0 Å². The third-order valence-electron chi connectivity index (χ3n) is 1.000. The van der Waals surface area contributed by atoms with Crippen LogP contribution in [0.2, 0.25) is 0 Å². The van der Waals surface area contributed by atoms with Gasteiger partial charge in [-0.3, -0.25) is 0 Å². The largest absolute Gasteiger partial charge is 1.00 e. The molecule has 0 aromatic heterocycles. The molecule has 0 nitrogen and oxygen atoms in total. The fourth-order valence-corrected chi connectivity index (χ4v) is 0. The molecule has 0 aromatic rings. The van der Waals surface area contributed by atoms with E-state index in [4.69, 9.17) is 0 Å². The molecule has 0 amide bonds. The second-order valence-electron chi connectivity index (χ2n) is 2.00. The average Bonchev–Trinajstić information content (AvgIpc) is 2.36. The molecule has 98 valence electrons. The van der Waals surface area contributed by atoms with E-state index in [1.54, 1.807) is 0 Å². The second kappa shape index (κ2) is 99.7.